The van der Waals surface area contributed by atoms with Crippen LogP contribution in [0.5, 0.6) is 0 Å². The highest BCUT2D eigenvalue weighted by atomic mass is 35.5. The van der Waals surface area contributed by atoms with Crippen LogP contribution in [0.2, 0.25) is 15.1 Å². The van der Waals surface area contributed by atoms with E-state index in [1.807, 2.05) is 29.3 Å². The number of carbonyl (C=O) groups is 1. The fourth-order valence-corrected chi connectivity index (χ4v) is 4.97. The number of fused-ring (bicyclic) bond motifs is 3. The van der Waals surface area contributed by atoms with Crippen molar-refractivity contribution in [3.05, 3.63) is 68.3 Å². The Bertz CT molecular complexity index is 1150. The number of hydrogen-bond acceptors (Lipinski definition) is 3. The van der Waals surface area contributed by atoms with Gasteiger partial charge >= 0.3 is 0 Å². The van der Waals surface area contributed by atoms with Crippen LogP contribution in [0.4, 0.5) is 0 Å². The fourth-order valence-electron chi connectivity index (χ4n) is 4.24. The first-order valence-electron chi connectivity index (χ1n) is 9.94. The van der Waals surface area contributed by atoms with Gasteiger partial charge in [-0.1, -0.05) is 53.4 Å². The minimum Gasteiger partial charge on any atom is -0.283 e. The molecule has 1 aliphatic heterocycles. The van der Waals surface area contributed by atoms with E-state index in [0.717, 1.165) is 48.3 Å². The van der Waals surface area contributed by atoms with E-state index in [9.17, 15) is 4.79 Å². The molecule has 154 valence electrons. The lowest BCUT2D eigenvalue weighted by atomic mass is 10.1. The molecule has 0 saturated carbocycles. The number of amides is 1. The van der Waals surface area contributed by atoms with Crippen molar-refractivity contribution in [2.45, 2.75) is 25.7 Å². The first-order chi connectivity index (χ1) is 14.5. The van der Waals surface area contributed by atoms with Gasteiger partial charge in [0.2, 0.25) is 0 Å². The van der Waals surface area contributed by atoms with Crippen LogP contribution in [0.15, 0.2) is 36.4 Å². The Balaban J connectivity index is 1.63. The standard InChI is InChI=1S/C22H19Cl3N4O/c23-13-7-8-19(18(25)11-13)29-21-14-5-4-6-17(24)15(14)12-16(21)20(26-29)22(30)27-28-9-2-1-3-10-28/h4-8,11H,1-3,9-10,12H2,(H,27,30). The Kier molecular flexibility index (Phi) is 5.23. The summed E-state index contributed by atoms with van der Waals surface area (Å²) in [6.07, 6.45) is 3.90. The molecular weight excluding hydrogens is 443 g/mol. The van der Waals surface area contributed by atoms with E-state index >= 15 is 0 Å². The second kappa shape index (κ2) is 7.89. The van der Waals surface area contributed by atoms with E-state index in [-0.39, 0.29) is 5.91 Å². The van der Waals surface area contributed by atoms with E-state index in [1.165, 1.54) is 6.42 Å². The van der Waals surface area contributed by atoms with Gasteiger partial charge in [-0.15, -0.1) is 0 Å². The highest BCUT2D eigenvalue weighted by Crippen LogP contribution is 2.43. The van der Waals surface area contributed by atoms with Crippen LogP contribution in [0.1, 0.15) is 40.9 Å². The second-order valence-electron chi connectivity index (χ2n) is 7.61. The zero-order valence-electron chi connectivity index (χ0n) is 16.1. The largest absolute Gasteiger partial charge is 0.286 e. The Hall–Kier alpha value is -2.05. The number of rotatable bonds is 3. The van der Waals surface area contributed by atoms with Gasteiger partial charge in [0, 0.05) is 40.7 Å². The molecule has 30 heavy (non-hydrogen) atoms. The number of aromatic nitrogens is 2. The van der Waals surface area contributed by atoms with Gasteiger partial charge in [-0.25, -0.2) is 9.69 Å². The molecule has 0 unspecified atom stereocenters. The average Bonchev–Trinajstić information content (AvgIpc) is 3.28. The van der Waals surface area contributed by atoms with E-state index in [2.05, 4.69) is 5.43 Å². The molecule has 0 atom stereocenters. The van der Waals surface area contributed by atoms with Crippen LogP contribution >= 0.6 is 34.8 Å². The van der Waals surface area contributed by atoms with Crippen molar-refractivity contribution in [1.29, 1.82) is 0 Å². The second-order valence-corrected chi connectivity index (χ2v) is 8.87. The third-order valence-electron chi connectivity index (χ3n) is 5.68. The first-order valence-corrected chi connectivity index (χ1v) is 11.1. The summed E-state index contributed by atoms with van der Waals surface area (Å²) in [6, 6.07) is 11.0. The molecule has 1 saturated heterocycles. The van der Waals surface area contributed by atoms with Crippen LogP contribution in [-0.4, -0.2) is 33.8 Å². The van der Waals surface area contributed by atoms with Gasteiger partial charge in [0.25, 0.3) is 5.91 Å². The Morgan fingerprint density at radius 2 is 1.77 bits per heavy atom. The number of piperidine rings is 1. The van der Waals surface area contributed by atoms with Crippen LogP contribution in [-0.2, 0) is 6.42 Å². The molecule has 0 bridgehead atoms. The average molecular weight is 462 g/mol. The molecular formula is C22H19Cl3N4O. The maximum Gasteiger partial charge on any atom is 0.286 e. The highest BCUT2D eigenvalue weighted by molar-refractivity contribution is 6.35. The summed E-state index contributed by atoms with van der Waals surface area (Å²) in [4.78, 5) is 13.2. The Morgan fingerprint density at radius 1 is 0.967 bits per heavy atom. The van der Waals surface area contributed by atoms with Crippen molar-refractivity contribution in [2.75, 3.05) is 13.1 Å². The molecule has 1 amide bonds. The summed E-state index contributed by atoms with van der Waals surface area (Å²) in [7, 11) is 0. The van der Waals surface area contributed by atoms with Gasteiger partial charge in [-0.2, -0.15) is 5.10 Å². The van der Waals surface area contributed by atoms with Gasteiger partial charge in [-0.05, 0) is 42.7 Å². The molecule has 3 aromatic rings. The number of nitrogens with one attached hydrogen (secondary N) is 1. The summed E-state index contributed by atoms with van der Waals surface area (Å²) in [5.41, 5.74) is 7.76. The lowest BCUT2D eigenvalue weighted by molar-refractivity contribution is 0.0743. The third kappa shape index (κ3) is 3.40. The van der Waals surface area contributed by atoms with Gasteiger partial charge in [0.15, 0.2) is 5.69 Å². The number of hydrazine groups is 1. The van der Waals surface area contributed by atoms with Crippen molar-refractivity contribution in [1.82, 2.24) is 20.2 Å². The van der Waals surface area contributed by atoms with Crippen LogP contribution in [0.25, 0.3) is 16.9 Å². The number of nitrogens with zero attached hydrogens (tertiary/aromatic N) is 3. The molecule has 8 heteroatoms. The molecule has 5 nitrogen and oxygen atoms in total. The summed E-state index contributed by atoms with van der Waals surface area (Å²) in [5, 5.41) is 8.35. The zero-order chi connectivity index (χ0) is 20.8. The van der Waals surface area contributed by atoms with Crippen molar-refractivity contribution < 1.29 is 4.79 Å². The number of benzene rings is 2. The van der Waals surface area contributed by atoms with E-state index in [4.69, 9.17) is 39.9 Å². The Labute approximate surface area is 189 Å². The Morgan fingerprint density at radius 3 is 2.53 bits per heavy atom. The van der Waals surface area contributed by atoms with Gasteiger partial charge < -0.3 is 0 Å². The van der Waals surface area contributed by atoms with Crippen molar-refractivity contribution >= 4 is 40.7 Å². The summed E-state index contributed by atoms with van der Waals surface area (Å²) in [6.45, 7) is 1.70. The molecule has 1 aliphatic carbocycles. The molecule has 1 N–H and O–H groups in total. The van der Waals surface area contributed by atoms with Gasteiger partial charge in [-0.3, -0.25) is 10.2 Å². The topological polar surface area (TPSA) is 50.2 Å². The molecule has 2 heterocycles. The summed E-state index contributed by atoms with van der Waals surface area (Å²) in [5.74, 6) is -0.207. The zero-order valence-corrected chi connectivity index (χ0v) is 18.4. The molecule has 1 fully saturated rings. The minimum atomic E-state index is -0.207. The van der Waals surface area contributed by atoms with E-state index < -0.39 is 0 Å². The predicted molar refractivity (Wildman–Crippen MR) is 120 cm³/mol. The maximum atomic E-state index is 13.2. The smallest absolute Gasteiger partial charge is 0.283 e. The minimum absolute atomic E-state index is 0.207. The summed E-state index contributed by atoms with van der Waals surface area (Å²) >= 11 is 19.0. The molecule has 5 rings (SSSR count). The van der Waals surface area contributed by atoms with Gasteiger partial charge in [0.1, 0.15) is 0 Å². The molecule has 2 aliphatic rings. The molecule has 2 aromatic carbocycles. The number of carbonyl (C=O) groups excluding carboxylic acids is 1. The number of hydrogen-bond donors (Lipinski definition) is 1. The first kappa shape index (κ1) is 19.9. The summed E-state index contributed by atoms with van der Waals surface area (Å²) < 4.78 is 1.74. The van der Waals surface area contributed by atoms with E-state index in [1.54, 1.807) is 16.8 Å². The van der Waals surface area contributed by atoms with E-state index in [0.29, 0.717) is 32.9 Å². The maximum absolute atomic E-state index is 13.2. The predicted octanol–water partition coefficient (Wildman–Crippen LogP) is 5.53. The van der Waals surface area contributed by atoms with Crippen molar-refractivity contribution in [3.63, 3.8) is 0 Å². The lowest BCUT2D eigenvalue weighted by Crippen LogP contribution is -2.45. The molecule has 0 radical (unpaired) electrons. The van der Waals surface area contributed by atoms with Crippen molar-refractivity contribution in [3.8, 4) is 16.9 Å². The fraction of sp³-hybridized carbons (Fsp3) is 0.273. The van der Waals surface area contributed by atoms with Crippen LogP contribution in [0, 0.1) is 0 Å². The molecule has 1 aromatic heterocycles. The lowest BCUT2D eigenvalue weighted by Gasteiger charge is -2.26. The monoisotopic (exact) mass is 460 g/mol. The van der Waals surface area contributed by atoms with Gasteiger partial charge in [0.05, 0.1) is 16.4 Å². The third-order valence-corrected chi connectivity index (χ3v) is 6.57. The number of halogens is 3. The normalized spacial score (nSPS) is 15.7. The van der Waals surface area contributed by atoms with Crippen LogP contribution < -0.4 is 5.43 Å². The highest BCUT2D eigenvalue weighted by Gasteiger charge is 2.33. The van der Waals surface area contributed by atoms with Crippen LogP contribution in [0.3, 0.4) is 0 Å². The van der Waals surface area contributed by atoms with Crippen molar-refractivity contribution in [2.24, 2.45) is 0 Å². The SMILES string of the molecule is O=C(NN1CCCCC1)c1nn(-c2ccc(Cl)cc2Cl)c2c1Cc1c(Cl)cccc1-2. The molecule has 0 spiro atoms. The quantitative estimate of drug-likeness (QED) is 0.436.